The van der Waals surface area contributed by atoms with Crippen molar-refractivity contribution in [2.45, 2.75) is 33.3 Å². The molecular formula is C16H19NO3S. The molecule has 0 saturated heterocycles. The Morgan fingerprint density at radius 3 is 2.86 bits per heavy atom. The number of Topliss-reactive ketones (excluding diaryl/α,β-unsaturated/α-hetero) is 1. The third-order valence-electron chi connectivity index (χ3n) is 3.01. The van der Waals surface area contributed by atoms with Gasteiger partial charge < -0.3 is 9.47 Å². The number of carbonyl (C=O) groups is 1. The molecule has 0 aliphatic carbocycles. The molecule has 0 bridgehead atoms. The first-order chi connectivity index (χ1) is 10.1. The average molecular weight is 305 g/mol. The third-order valence-corrected chi connectivity index (χ3v) is 3.96. The Bertz CT molecular complexity index is 622. The number of ether oxygens (including phenoxy) is 2. The van der Waals surface area contributed by atoms with Gasteiger partial charge in [0.05, 0.1) is 23.4 Å². The van der Waals surface area contributed by atoms with Crippen LogP contribution in [0.3, 0.4) is 0 Å². The van der Waals surface area contributed by atoms with Crippen molar-refractivity contribution in [3.05, 3.63) is 39.8 Å². The number of carbonyl (C=O) groups excluding carboxylic acids is 1. The number of methoxy groups -OCH3 is 1. The molecule has 1 aromatic carbocycles. The lowest BCUT2D eigenvalue weighted by atomic mass is 10.1. The molecule has 112 valence electrons. The maximum atomic E-state index is 11.6. The van der Waals surface area contributed by atoms with Crippen molar-refractivity contribution in [2.24, 2.45) is 0 Å². The van der Waals surface area contributed by atoms with Crippen LogP contribution in [0.5, 0.6) is 11.5 Å². The molecule has 0 aliphatic heterocycles. The Morgan fingerprint density at radius 1 is 1.38 bits per heavy atom. The number of thiazole rings is 1. The molecular weight excluding hydrogens is 286 g/mol. The van der Waals surface area contributed by atoms with Gasteiger partial charge in [-0.05, 0) is 31.9 Å². The van der Waals surface area contributed by atoms with Crippen LogP contribution in [0.25, 0.3) is 0 Å². The molecule has 21 heavy (non-hydrogen) atoms. The molecule has 0 amide bonds. The summed E-state index contributed by atoms with van der Waals surface area (Å²) in [7, 11) is 1.59. The minimum Gasteiger partial charge on any atom is -0.497 e. The van der Waals surface area contributed by atoms with Crippen molar-refractivity contribution in [1.82, 2.24) is 4.98 Å². The van der Waals surface area contributed by atoms with Crippen LogP contribution in [0.15, 0.2) is 23.6 Å². The van der Waals surface area contributed by atoms with Crippen molar-refractivity contribution >= 4 is 17.1 Å². The SMILES string of the molecule is CCCc1nc(COc2cc(OC)ccc2C(C)=O)cs1. The topological polar surface area (TPSA) is 48.4 Å². The van der Waals surface area contributed by atoms with Crippen LogP contribution in [0.4, 0.5) is 0 Å². The fourth-order valence-corrected chi connectivity index (χ4v) is 2.82. The van der Waals surface area contributed by atoms with Gasteiger partial charge in [-0.15, -0.1) is 11.3 Å². The van der Waals surface area contributed by atoms with Gasteiger partial charge in [-0.25, -0.2) is 4.98 Å². The maximum Gasteiger partial charge on any atom is 0.163 e. The van der Waals surface area contributed by atoms with Gasteiger partial charge in [-0.2, -0.15) is 0 Å². The van der Waals surface area contributed by atoms with Crippen LogP contribution in [0, 0.1) is 0 Å². The molecule has 0 radical (unpaired) electrons. The first-order valence-electron chi connectivity index (χ1n) is 6.89. The quantitative estimate of drug-likeness (QED) is 0.728. The number of hydrogen-bond donors (Lipinski definition) is 0. The zero-order valence-electron chi connectivity index (χ0n) is 12.5. The van der Waals surface area contributed by atoms with E-state index in [-0.39, 0.29) is 5.78 Å². The monoisotopic (exact) mass is 305 g/mol. The number of nitrogens with zero attached hydrogens (tertiary/aromatic N) is 1. The van der Waals surface area contributed by atoms with Gasteiger partial charge >= 0.3 is 0 Å². The fraction of sp³-hybridized carbons (Fsp3) is 0.375. The van der Waals surface area contributed by atoms with Crippen LogP contribution in [0.2, 0.25) is 0 Å². The number of aromatic nitrogens is 1. The van der Waals surface area contributed by atoms with E-state index in [2.05, 4.69) is 11.9 Å². The highest BCUT2D eigenvalue weighted by molar-refractivity contribution is 7.09. The van der Waals surface area contributed by atoms with Gasteiger partial charge in [0.25, 0.3) is 0 Å². The number of ketones is 1. The average Bonchev–Trinajstić information content (AvgIpc) is 2.92. The predicted molar refractivity (Wildman–Crippen MR) is 83.4 cm³/mol. The lowest BCUT2D eigenvalue weighted by Crippen LogP contribution is -2.02. The number of aryl methyl sites for hydroxylation is 1. The first kappa shape index (κ1) is 15.5. The van der Waals surface area contributed by atoms with E-state index in [9.17, 15) is 4.79 Å². The Labute approximate surface area is 128 Å². The van der Waals surface area contributed by atoms with E-state index >= 15 is 0 Å². The van der Waals surface area contributed by atoms with Gasteiger partial charge in [0.2, 0.25) is 0 Å². The van der Waals surface area contributed by atoms with E-state index in [1.807, 2.05) is 5.38 Å². The summed E-state index contributed by atoms with van der Waals surface area (Å²) in [5, 5.41) is 3.12. The van der Waals surface area contributed by atoms with Gasteiger partial charge in [0, 0.05) is 11.4 Å². The summed E-state index contributed by atoms with van der Waals surface area (Å²) in [6.45, 7) is 4.01. The van der Waals surface area contributed by atoms with Crippen LogP contribution >= 0.6 is 11.3 Å². The Hall–Kier alpha value is -1.88. The van der Waals surface area contributed by atoms with Crippen LogP contribution in [-0.2, 0) is 13.0 Å². The van der Waals surface area contributed by atoms with E-state index in [1.54, 1.807) is 36.6 Å². The predicted octanol–water partition coefficient (Wildman–Crippen LogP) is 3.89. The summed E-state index contributed by atoms with van der Waals surface area (Å²) < 4.78 is 10.9. The molecule has 1 aromatic heterocycles. The van der Waals surface area contributed by atoms with Gasteiger partial charge in [0.15, 0.2) is 5.78 Å². The maximum absolute atomic E-state index is 11.6. The second-order valence-electron chi connectivity index (χ2n) is 4.69. The third kappa shape index (κ3) is 4.04. The van der Waals surface area contributed by atoms with Crippen LogP contribution in [0.1, 0.15) is 41.3 Å². The zero-order valence-corrected chi connectivity index (χ0v) is 13.3. The molecule has 1 heterocycles. The molecule has 0 fully saturated rings. The lowest BCUT2D eigenvalue weighted by Gasteiger charge is -2.10. The lowest BCUT2D eigenvalue weighted by molar-refractivity contribution is 0.101. The molecule has 0 saturated carbocycles. The summed E-state index contributed by atoms with van der Waals surface area (Å²) in [5.74, 6) is 1.17. The highest BCUT2D eigenvalue weighted by Crippen LogP contribution is 2.26. The summed E-state index contributed by atoms with van der Waals surface area (Å²) >= 11 is 1.64. The Kier molecular flexibility index (Phi) is 5.33. The van der Waals surface area contributed by atoms with E-state index in [0.29, 0.717) is 23.7 Å². The first-order valence-corrected chi connectivity index (χ1v) is 7.77. The zero-order chi connectivity index (χ0) is 15.2. The van der Waals surface area contributed by atoms with E-state index in [4.69, 9.17) is 9.47 Å². The van der Waals surface area contributed by atoms with Crippen molar-refractivity contribution in [2.75, 3.05) is 7.11 Å². The number of hydrogen-bond acceptors (Lipinski definition) is 5. The van der Waals surface area contributed by atoms with Crippen molar-refractivity contribution in [1.29, 1.82) is 0 Å². The minimum atomic E-state index is -0.0300. The number of benzene rings is 1. The normalized spacial score (nSPS) is 10.4. The van der Waals surface area contributed by atoms with E-state index in [0.717, 1.165) is 23.5 Å². The minimum absolute atomic E-state index is 0.0300. The second kappa shape index (κ2) is 7.22. The molecule has 0 N–H and O–H groups in total. The standard InChI is InChI=1S/C16H19NO3S/c1-4-5-16-17-12(10-21-16)9-20-15-8-13(19-3)6-7-14(15)11(2)18/h6-8,10H,4-5,9H2,1-3H3. The smallest absolute Gasteiger partial charge is 0.163 e. The summed E-state index contributed by atoms with van der Waals surface area (Å²) in [5.41, 5.74) is 1.44. The molecule has 2 rings (SSSR count). The van der Waals surface area contributed by atoms with Crippen molar-refractivity contribution in [3.63, 3.8) is 0 Å². The largest absolute Gasteiger partial charge is 0.497 e. The summed E-state index contributed by atoms with van der Waals surface area (Å²) in [6, 6.07) is 5.21. The molecule has 0 spiro atoms. The number of rotatable bonds is 7. The Balaban J connectivity index is 2.12. The van der Waals surface area contributed by atoms with Crippen LogP contribution < -0.4 is 9.47 Å². The Morgan fingerprint density at radius 2 is 2.19 bits per heavy atom. The van der Waals surface area contributed by atoms with Crippen molar-refractivity contribution < 1.29 is 14.3 Å². The highest BCUT2D eigenvalue weighted by Gasteiger charge is 2.11. The van der Waals surface area contributed by atoms with Crippen LogP contribution in [-0.4, -0.2) is 17.9 Å². The molecule has 0 atom stereocenters. The molecule has 2 aromatic rings. The van der Waals surface area contributed by atoms with Crippen molar-refractivity contribution in [3.8, 4) is 11.5 Å². The summed E-state index contributed by atoms with van der Waals surface area (Å²) in [4.78, 5) is 16.1. The molecule has 4 nitrogen and oxygen atoms in total. The summed E-state index contributed by atoms with van der Waals surface area (Å²) in [6.07, 6.45) is 2.07. The fourth-order valence-electron chi connectivity index (χ4n) is 1.94. The molecule has 5 heteroatoms. The van der Waals surface area contributed by atoms with Gasteiger partial charge in [-0.1, -0.05) is 6.92 Å². The second-order valence-corrected chi connectivity index (χ2v) is 5.63. The van der Waals surface area contributed by atoms with E-state index in [1.165, 1.54) is 6.92 Å². The van der Waals surface area contributed by atoms with Gasteiger partial charge in [-0.3, -0.25) is 4.79 Å². The molecule has 0 unspecified atom stereocenters. The molecule has 0 aliphatic rings. The van der Waals surface area contributed by atoms with Gasteiger partial charge in [0.1, 0.15) is 18.1 Å². The van der Waals surface area contributed by atoms with E-state index < -0.39 is 0 Å². The highest BCUT2D eigenvalue weighted by atomic mass is 32.1.